The number of carbonyl (C=O) groups is 1. The first-order valence-corrected chi connectivity index (χ1v) is 6.72. The van der Waals surface area contributed by atoms with Crippen molar-refractivity contribution in [3.63, 3.8) is 0 Å². The van der Waals surface area contributed by atoms with E-state index >= 15 is 0 Å². The highest BCUT2D eigenvalue weighted by Crippen LogP contribution is 2.30. The number of likely N-dealkylation sites (tertiary alicyclic amines) is 1. The van der Waals surface area contributed by atoms with Gasteiger partial charge in [0, 0.05) is 0 Å². The Labute approximate surface area is 114 Å². The lowest BCUT2D eigenvalue weighted by Crippen LogP contribution is -2.43. The number of carboxylic acid groups (broad SMARTS) is 1. The molecule has 1 N–H and O–H groups in total. The zero-order valence-corrected chi connectivity index (χ0v) is 11.5. The van der Waals surface area contributed by atoms with Crippen LogP contribution in [-0.4, -0.2) is 42.2 Å². The predicted octanol–water partition coefficient (Wildman–Crippen LogP) is 2.35. The van der Waals surface area contributed by atoms with Gasteiger partial charge in [-0.1, -0.05) is 12.1 Å². The van der Waals surface area contributed by atoms with Gasteiger partial charge in [0.25, 0.3) is 0 Å². The summed E-state index contributed by atoms with van der Waals surface area (Å²) in [7, 11) is 1.68. The molecule has 1 atom stereocenters. The van der Waals surface area contributed by atoms with E-state index < -0.39 is 5.97 Å². The number of carboxylic acids is 1. The molecular weight excluding hydrogens is 242 g/mol. The Bertz CT molecular complexity index is 439. The van der Waals surface area contributed by atoms with Gasteiger partial charge in [0.15, 0.2) is 0 Å². The van der Waals surface area contributed by atoms with Gasteiger partial charge in [-0.15, -0.1) is 0 Å². The number of rotatable bonds is 4. The SMILES string of the molecule is COc1cccc(C2CCN(C(C)C(=O)O)CC2)c1. The van der Waals surface area contributed by atoms with E-state index in [2.05, 4.69) is 12.1 Å². The minimum Gasteiger partial charge on any atom is -0.497 e. The molecule has 4 heteroatoms. The van der Waals surface area contributed by atoms with Crippen molar-refractivity contribution in [2.75, 3.05) is 20.2 Å². The molecule has 0 amide bonds. The van der Waals surface area contributed by atoms with Crippen LogP contribution in [0.3, 0.4) is 0 Å². The van der Waals surface area contributed by atoms with E-state index in [4.69, 9.17) is 9.84 Å². The van der Waals surface area contributed by atoms with E-state index in [9.17, 15) is 4.79 Å². The largest absolute Gasteiger partial charge is 0.497 e. The minimum absolute atomic E-state index is 0.383. The van der Waals surface area contributed by atoms with Crippen LogP contribution in [0, 0.1) is 0 Å². The number of ether oxygens (including phenoxy) is 1. The molecule has 4 nitrogen and oxygen atoms in total. The van der Waals surface area contributed by atoms with Gasteiger partial charge in [0.1, 0.15) is 11.8 Å². The summed E-state index contributed by atoms with van der Waals surface area (Å²) < 4.78 is 5.25. The smallest absolute Gasteiger partial charge is 0.320 e. The molecule has 104 valence electrons. The second-order valence-corrected chi connectivity index (χ2v) is 5.10. The number of nitrogens with zero attached hydrogens (tertiary/aromatic N) is 1. The number of hydrogen-bond donors (Lipinski definition) is 1. The fourth-order valence-corrected chi connectivity index (χ4v) is 2.67. The van der Waals surface area contributed by atoms with Crippen LogP contribution >= 0.6 is 0 Å². The van der Waals surface area contributed by atoms with Crippen molar-refractivity contribution in [2.45, 2.75) is 31.7 Å². The Morgan fingerprint density at radius 3 is 2.68 bits per heavy atom. The maximum Gasteiger partial charge on any atom is 0.320 e. The van der Waals surface area contributed by atoms with Gasteiger partial charge in [0.05, 0.1) is 7.11 Å². The van der Waals surface area contributed by atoms with E-state index in [1.165, 1.54) is 5.56 Å². The van der Waals surface area contributed by atoms with E-state index in [0.717, 1.165) is 31.7 Å². The van der Waals surface area contributed by atoms with Crippen LogP contribution in [-0.2, 0) is 4.79 Å². The first-order chi connectivity index (χ1) is 9.11. The predicted molar refractivity (Wildman–Crippen MR) is 73.6 cm³/mol. The standard InChI is InChI=1S/C15H21NO3/c1-11(15(17)18)16-8-6-12(7-9-16)13-4-3-5-14(10-13)19-2/h3-5,10-12H,6-9H2,1-2H3,(H,17,18). The molecule has 0 bridgehead atoms. The van der Waals surface area contributed by atoms with Gasteiger partial charge in [-0.05, 0) is 56.5 Å². The lowest BCUT2D eigenvalue weighted by molar-refractivity contribution is -0.143. The molecule has 1 heterocycles. The van der Waals surface area contributed by atoms with E-state index in [-0.39, 0.29) is 6.04 Å². The summed E-state index contributed by atoms with van der Waals surface area (Å²) >= 11 is 0. The maximum atomic E-state index is 11.0. The molecule has 19 heavy (non-hydrogen) atoms. The number of aliphatic carboxylic acids is 1. The molecule has 1 aliphatic rings. The minimum atomic E-state index is -0.736. The molecular formula is C15H21NO3. The van der Waals surface area contributed by atoms with E-state index in [1.807, 2.05) is 17.0 Å². The van der Waals surface area contributed by atoms with Crippen LogP contribution in [0.2, 0.25) is 0 Å². The average Bonchev–Trinajstić information content (AvgIpc) is 2.46. The van der Waals surface area contributed by atoms with Gasteiger partial charge < -0.3 is 9.84 Å². The normalized spacial score (nSPS) is 19.1. The summed E-state index contributed by atoms with van der Waals surface area (Å²) in [4.78, 5) is 13.0. The molecule has 1 saturated heterocycles. The highest BCUT2D eigenvalue weighted by atomic mass is 16.5. The Morgan fingerprint density at radius 1 is 1.42 bits per heavy atom. The van der Waals surface area contributed by atoms with Crippen molar-refractivity contribution in [2.24, 2.45) is 0 Å². The van der Waals surface area contributed by atoms with Crippen LogP contribution in [0.25, 0.3) is 0 Å². The van der Waals surface area contributed by atoms with Crippen molar-refractivity contribution >= 4 is 5.97 Å². The molecule has 0 saturated carbocycles. The summed E-state index contributed by atoms with van der Waals surface area (Å²) in [5.74, 6) is 0.658. The molecule has 0 aliphatic carbocycles. The molecule has 1 aromatic carbocycles. The quantitative estimate of drug-likeness (QED) is 0.906. The Kier molecular flexibility index (Phi) is 4.43. The lowest BCUT2D eigenvalue weighted by atomic mass is 9.89. The second kappa shape index (κ2) is 6.06. The Morgan fingerprint density at radius 2 is 2.11 bits per heavy atom. The Balaban J connectivity index is 1.97. The van der Waals surface area contributed by atoms with Crippen molar-refractivity contribution in [1.29, 1.82) is 0 Å². The first-order valence-electron chi connectivity index (χ1n) is 6.72. The fourth-order valence-electron chi connectivity index (χ4n) is 2.67. The zero-order valence-electron chi connectivity index (χ0n) is 11.5. The number of hydrogen-bond acceptors (Lipinski definition) is 3. The molecule has 1 aliphatic heterocycles. The van der Waals surface area contributed by atoms with E-state index in [1.54, 1.807) is 14.0 Å². The second-order valence-electron chi connectivity index (χ2n) is 5.10. The summed E-state index contributed by atoms with van der Waals surface area (Å²) in [6.07, 6.45) is 2.01. The summed E-state index contributed by atoms with van der Waals surface area (Å²) in [5, 5.41) is 9.03. The van der Waals surface area contributed by atoms with Gasteiger partial charge in [-0.25, -0.2) is 0 Å². The monoisotopic (exact) mass is 263 g/mol. The lowest BCUT2D eigenvalue weighted by Gasteiger charge is -2.34. The van der Waals surface area contributed by atoms with Crippen LogP contribution < -0.4 is 4.74 Å². The molecule has 0 radical (unpaired) electrons. The molecule has 2 rings (SSSR count). The molecule has 0 aromatic heterocycles. The van der Waals surface area contributed by atoms with Crippen molar-refractivity contribution < 1.29 is 14.6 Å². The van der Waals surface area contributed by atoms with Crippen LogP contribution in [0.1, 0.15) is 31.2 Å². The first kappa shape index (κ1) is 13.9. The fraction of sp³-hybridized carbons (Fsp3) is 0.533. The number of benzene rings is 1. The zero-order chi connectivity index (χ0) is 13.8. The van der Waals surface area contributed by atoms with Gasteiger partial charge >= 0.3 is 5.97 Å². The van der Waals surface area contributed by atoms with Gasteiger partial charge in [0.2, 0.25) is 0 Å². The van der Waals surface area contributed by atoms with Crippen LogP contribution in [0.4, 0.5) is 0 Å². The maximum absolute atomic E-state index is 11.0. The van der Waals surface area contributed by atoms with Crippen molar-refractivity contribution in [1.82, 2.24) is 4.90 Å². The third kappa shape index (κ3) is 3.26. The number of piperidine rings is 1. The van der Waals surface area contributed by atoms with Crippen LogP contribution in [0.15, 0.2) is 24.3 Å². The molecule has 1 fully saturated rings. The van der Waals surface area contributed by atoms with Crippen molar-refractivity contribution in [3.8, 4) is 5.75 Å². The third-order valence-corrected chi connectivity index (χ3v) is 4.00. The Hall–Kier alpha value is -1.55. The molecule has 1 aromatic rings. The van der Waals surface area contributed by atoms with Crippen molar-refractivity contribution in [3.05, 3.63) is 29.8 Å². The highest BCUT2D eigenvalue weighted by molar-refractivity contribution is 5.72. The van der Waals surface area contributed by atoms with E-state index in [0.29, 0.717) is 5.92 Å². The molecule has 0 spiro atoms. The third-order valence-electron chi connectivity index (χ3n) is 4.00. The topological polar surface area (TPSA) is 49.8 Å². The number of methoxy groups -OCH3 is 1. The average molecular weight is 263 g/mol. The summed E-state index contributed by atoms with van der Waals surface area (Å²) in [5.41, 5.74) is 1.29. The highest BCUT2D eigenvalue weighted by Gasteiger charge is 2.26. The molecule has 1 unspecified atom stereocenters. The summed E-state index contributed by atoms with van der Waals surface area (Å²) in [6.45, 7) is 3.44. The van der Waals surface area contributed by atoms with Crippen LogP contribution in [0.5, 0.6) is 5.75 Å². The summed E-state index contributed by atoms with van der Waals surface area (Å²) in [6, 6.07) is 7.79. The van der Waals surface area contributed by atoms with Gasteiger partial charge in [-0.3, -0.25) is 9.69 Å². The van der Waals surface area contributed by atoms with Gasteiger partial charge in [-0.2, -0.15) is 0 Å².